The molecule has 0 amide bonds. The van der Waals surface area contributed by atoms with Crippen LogP contribution in [0.15, 0.2) is 12.1 Å². The van der Waals surface area contributed by atoms with Gasteiger partial charge in [0.1, 0.15) is 5.82 Å². The molecule has 0 saturated carbocycles. The molecule has 0 fully saturated rings. The fourth-order valence-corrected chi connectivity index (χ4v) is 1.88. The van der Waals surface area contributed by atoms with Crippen molar-refractivity contribution in [3.8, 4) is 0 Å². The summed E-state index contributed by atoms with van der Waals surface area (Å²) >= 11 is 0. The zero-order chi connectivity index (χ0) is 7.97. The van der Waals surface area contributed by atoms with Gasteiger partial charge in [-0.15, -0.1) is 0 Å². The molecule has 0 bridgehead atoms. The van der Waals surface area contributed by atoms with Gasteiger partial charge in [0.2, 0.25) is 0 Å². The van der Waals surface area contributed by atoms with Crippen LogP contribution in [-0.2, 0) is 12.8 Å². The Morgan fingerprint density at radius 3 is 3.33 bits per heavy atom. The summed E-state index contributed by atoms with van der Waals surface area (Å²) < 4.78 is 0. The summed E-state index contributed by atoms with van der Waals surface area (Å²) in [6.45, 7) is 1.05. The molecular weight excluding hydrogens is 148 g/mol. The van der Waals surface area contributed by atoms with E-state index < -0.39 is 0 Å². The molecule has 0 radical (unpaired) electrons. The number of anilines is 1. The monoisotopic (exact) mass is 158 g/mol. The van der Waals surface area contributed by atoms with E-state index in [1.807, 2.05) is 0 Å². The number of pyridine rings is 1. The van der Waals surface area contributed by atoms with Crippen molar-refractivity contribution in [2.45, 2.75) is 12.8 Å². The Labute approximate surface area is 71.3 Å². The van der Waals surface area contributed by atoms with Gasteiger partial charge in [0.05, 0.1) is 5.69 Å². The lowest BCUT2D eigenvalue weighted by atomic mass is 10.1. The first kappa shape index (κ1) is 6.23. The number of nitrogens with one attached hydrogen (secondary N) is 1. The standard InChI is InChI=1S/C10H10N2/c1-2-7-6-8-4-5-11-10(8)12-9(7)3-1/h1,3,6H,2,4-5H2,(H,11,12). The lowest BCUT2D eigenvalue weighted by Gasteiger charge is -2.02. The van der Waals surface area contributed by atoms with Crippen LogP contribution in [0.3, 0.4) is 0 Å². The van der Waals surface area contributed by atoms with E-state index in [1.165, 1.54) is 11.1 Å². The molecule has 0 atom stereocenters. The van der Waals surface area contributed by atoms with Crippen LogP contribution in [0.5, 0.6) is 0 Å². The second-order valence-electron chi connectivity index (χ2n) is 3.32. The summed E-state index contributed by atoms with van der Waals surface area (Å²) in [4.78, 5) is 4.54. The molecule has 3 rings (SSSR count). The minimum absolute atomic E-state index is 1.05. The number of fused-ring (bicyclic) bond motifs is 2. The number of rotatable bonds is 0. The van der Waals surface area contributed by atoms with Crippen LogP contribution in [0.2, 0.25) is 0 Å². The zero-order valence-electron chi connectivity index (χ0n) is 6.80. The Kier molecular flexibility index (Phi) is 1.09. The second-order valence-corrected chi connectivity index (χ2v) is 3.32. The van der Waals surface area contributed by atoms with Gasteiger partial charge in [0.15, 0.2) is 0 Å². The second kappa shape index (κ2) is 2.09. The molecule has 2 heteroatoms. The molecule has 12 heavy (non-hydrogen) atoms. The van der Waals surface area contributed by atoms with Crippen LogP contribution in [0.25, 0.3) is 6.08 Å². The van der Waals surface area contributed by atoms with E-state index in [0.717, 1.165) is 30.9 Å². The molecule has 2 heterocycles. The molecule has 1 aliphatic carbocycles. The molecule has 0 unspecified atom stereocenters. The summed E-state index contributed by atoms with van der Waals surface area (Å²) in [5.41, 5.74) is 3.93. The first-order chi connectivity index (χ1) is 5.93. The van der Waals surface area contributed by atoms with Crippen LogP contribution < -0.4 is 5.32 Å². The van der Waals surface area contributed by atoms with E-state index in [4.69, 9.17) is 0 Å². The van der Waals surface area contributed by atoms with Crippen molar-refractivity contribution in [1.82, 2.24) is 4.98 Å². The predicted molar refractivity (Wildman–Crippen MR) is 49.2 cm³/mol. The molecule has 1 aliphatic heterocycles. The molecule has 0 aromatic carbocycles. The van der Waals surface area contributed by atoms with E-state index >= 15 is 0 Å². The third kappa shape index (κ3) is 0.721. The van der Waals surface area contributed by atoms with Crippen LogP contribution >= 0.6 is 0 Å². The third-order valence-electron chi connectivity index (χ3n) is 2.51. The molecule has 1 aromatic rings. The summed E-state index contributed by atoms with van der Waals surface area (Å²) in [7, 11) is 0. The van der Waals surface area contributed by atoms with Crippen molar-refractivity contribution in [2.75, 3.05) is 11.9 Å². The summed E-state index contributed by atoms with van der Waals surface area (Å²) in [5, 5.41) is 3.28. The minimum Gasteiger partial charge on any atom is -0.369 e. The topological polar surface area (TPSA) is 24.9 Å². The first-order valence-electron chi connectivity index (χ1n) is 4.37. The molecule has 0 spiro atoms. The highest BCUT2D eigenvalue weighted by Crippen LogP contribution is 2.26. The van der Waals surface area contributed by atoms with Gasteiger partial charge < -0.3 is 5.32 Å². The average Bonchev–Trinajstić information content (AvgIpc) is 2.64. The number of nitrogens with zero attached hydrogens (tertiary/aromatic N) is 1. The largest absolute Gasteiger partial charge is 0.369 e. The molecular formula is C10H10N2. The van der Waals surface area contributed by atoms with E-state index in [9.17, 15) is 0 Å². The van der Waals surface area contributed by atoms with Gasteiger partial charge in [-0.25, -0.2) is 4.98 Å². The van der Waals surface area contributed by atoms with Crippen molar-refractivity contribution in [3.63, 3.8) is 0 Å². The van der Waals surface area contributed by atoms with Crippen LogP contribution in [0.4, 0.5) is 5.82 Å². The molecule has 1 aromatic heterocycles. The minimum atomic E-state index is 1.05. The fraction of sp³-hybridized carbons (Fsp3) is 0.300. The summed E-state index contributed by atoms with van der Waals surface area (Å²) in [6.07, 6.45) is 6.48. The van der Waals surface area contributed by atoms with Gasteiger partial charge in [-0.2, -0.15) is 0 Å². The van der Waals surface area contributed by atoms with E-state index in [0.29, 0.717) is 0 Å². The fourth-order valence-electron chi connectivity index (χ4n) is 1.88. The van der Waals surface area contributed by atoms with Gasteiger partial charge in [0, 0.05) is 6.54 Å². The van der Waals surface area contributed by atoms with Crippen molar-refractivity contribution < 1.29 is 0 Å². The van der Waals surface area contributed by atoms with E-state index in [1.54, 1.807) is 0 Å². The predicted octanol–water partition coefficient (Wildman–Crippen LogP) is 1.62. The number of aromatic nitrogens is 1. The highest BCUT2D eigenvalue weighted by atomic mass is 15.0. The Morgan fingerprint density at radius 1 is 1.33 bits per heavy atom. The Hall–Kier alpha value is -1.31. The van der Waals surface area contributed by atoms with Crippen molar-refractivity contribution in [1.29, 1.82) is 0 Å². The maximum absolute atomic E-state index is 4.54. The quantitative estimate of drug-likeness (QED) is 0.620. The Morgan fingerprint density at radius 2 is 2.33 bits per heavy atom. The van der Waals surface area contributed by atoms with Crippen LogP contribution in [0.1, 0.15) is 16.8 Å². The van der Waals surface area contributed by atoms with Crippen molar-refractivity contribution >= 4 is 11.9 Å². The Balaban J connectivity index is 2.23. The number of hydrogen-bond donors (Lipinski definition) is 1. The highest BCUT2D eigenvalue weighted by Gasteiger charge is 2.15. The SMILES string of the molecule is C1=Cc2nc3c(cc2C1)CCN3. The normalized spacial score (nSPS) is 17.3. The average molecular weight is 158 g/mol. The van der Waals surface area contributed by atoms with Gasteiger partial charge in [-0.05, 0) is 36.1 Å². The number of allylic oxidation sites excluding steroid dienone is 1. The maximum Gasteiger partial charge on any atom is 0.129 e. The smallest absolute Gasteiger partial charge is 0.129 e. The van der Waals surface area contributed by atoms with Gasteiger partial charge in [-0.3, -0.25) is 0 Å². The maximum atomic E-state index is 4.54. The molecule has 2 aliphatic rings. The molecule has 2 nitrogen and oxygen atoms in total. The van der Waals surface area contributed by atoms with E-state index in [-0.39, 0.29) is 0 Å². The molecule has 60 valence electrons. The van der Waals surface area contributed by atoms with Gasteiger partial charge in [0.25, 0.3) is 0 Å². The molecule has 0 saturated heterocycles. The molecule has 1 N–H and O–H groups in total. The lowest BCUT2D eigenvalue weighted by molar-refractivity contribution is 1.10. The van der Waals surface area contributed by atoms with Crippen LogP contribution in [-0.4, -0.2) is 11.5 Å². The van der Waals surface area contributed by atoms with Crippen LogP contribution in [0, 0.1) is 0 Å². The third-order valence-corrected chi connectivity index (χ3v) is 2.51. The van der Waals surface area contributed by atoms with Crippen molar-refractivity contribution in [3.05, 3.63) is 29.0 Å². The summed E-state index contributed by atoms with van der Waals surface area (Å²) in [5.74, 6) is 1.10. The summed E-state index contributed by atoms with van der Waals surface area (Å²) in [6, 6.07) is 2.29. The Bertz CT molecular complexity index is 366. The lowest BCUT2D eigenvalue weighted by Crippen LogP contribution is -1.95. The van der Waals surface area contributed by atoms with Gasteiger partial charge >= 0.3 is 0 Å². The highest BCUT2D eigenvalue weighted by molar-refractivity contribution is 5.62. The zero-order valence-corrected chi connectivity index (χ0v) is 6.80. The first-order valence-corrected chi connectivity index (χ1v) is 4.37. The van der Waals surface area contributed by atoms with Gasteiger partial charge in [-0.1, -0.05) is 6.08 Å². The number of hydrogen-bond acceptors (Lipinski definition) is 2. The van der Waals surface area contributed by atoms with Crippen molar-refractivity contribution in [2.24, 2.45) is 0 Å². The van der Waals surface area contributed by atoms with E-state index in [2.05, 4.69) is 28.5 Å².